The molecule has 1 saturated carbocycles. The zero-order valence-corrected chi connectivity index (χ0v) is 26.2. The molecule has 9 heteroatoms. The largest absolute Gasteiger partial charge is 0.492 e. The Kier molecular flexibility index (Phi) is 11.2. The topological polar surface area (TPSA) is 96.0 Å². The second-order valence-electron chi connectivity index (χ2n) is 11.0. The van der Waals surface area contributed by atoms with Crippen molar-refractivity contribution in [2.75, 3.05) is 24.0 Å². The Morgan fingerprint density at radius 1 is 0.930 bits per heavy atom. The Morgan fingerprint density at radius 2 is 1.58 bits per heavy atom. The highest BCUT2D eigenvalue weighted by Gasteiger charge is 2.35. The smallest absolute Gasteiger partial charge is 0.264 e. The monoisotopic (exact) mass is 605 g/mol. The normalized spacial score (nSPS) is 14.2. The molecule has 3 aromatic rings. The fourth-order valence-corrected chi connectivity index (χ4v) is 6.98. The molecule has 0 aromatic heterocycles. The van der Waals surface area contributed by atoms with Crippen LogP contribution in [0.2, 0.25) is 0 Å². The lowest BCUT2D eigenvalue weighted by Gasteiger charge is -2.34. The molecular weight excluding hydrogens is 562 g/mol. The number of nitrogens with zero attached hydrogens (tertiary/aromatic N) is 2. The maximum atomic E-state index is 14.3. The summed E-state index contributed by atoms with van der Waals surface area (Å²) in [6.07, 6.45) is 4.93. The lowest BCUT2D eigenvalue weighted by atomic mass is 10.1. The molecule has 230 valence electrons. The lowest BCUT2D eigenvalue weighted by molar-refractivity contribution is -0.139. The van der Waals surface area contributed by atoms with Crippen LogP contribution < -0.4 is 14.4 Å². The second kappa shape index (κ2) is 15.0. The molecule has 8 nitrogen and oxygen atoms in total. The van der Waals surface area contributed by atoms with E-state index in [0.29, 0.717) is 25.2 Å². The molecule has 1 N–H and O–H groups in total. The number of sulfonamides is 1. The minimum Gasteiger partial charge on any atom is -0.492 e. The number of aryl methyl sites for hydroxylation is 1. The fraction of sp³-hybridized carbons (Fsp3) is 0.412. The van der Waals surface area contributed by atoms with Crippen molar-refractivity contribution < 1.29 is 22.7 Å². The molecule has 0 bridgehead atoms. The minimum atomic E-state index is -4.17. The highest BCUT2D eigenvalue weighted by Crippen LogP contribution is 2.33. The van der Waals surface area contributed by atoms with Gasteiger partial charge in [-0.15, -0.1) is 0 Å². The van der Waals surface area contributed by atoms with Gasteiger partial charge in [-0.3, -0.25) is 13.9 Å². The lowest BCUT2D eigenvalue weighted by Crippen LogP contribution is -2.54. The number of ether oxygens (including phenoxy) is 1. The summed E-state index contributed by atoms with van der Waals surface area (Å²) >= 11 is 0. The van der Waals surface area contributed by atoms with Crippen molar-refractivity contribution in [2.45, 2.75) is 76.3 Å². The van der Waals surface area contributed by atoms with E-state index in [0.717, 1.165) is 41.1 Å². The van der Waals surface area contributed by atoms with E-state index in [4.69, 9.17) is 4.74 Å². The van der Waals surface area contributed by atoms with E-state index in [-0.39, 0.29) is 29.1 Å². The third-order valence-electron chi connectivity index (χ3n) is 7.89. The maximum Gasteiger partial charge on any atom is 0.264 e. The highest BCUT2D eigenvalue weighted by molar-refractivity contribution is 7.92. The molecule has 0 spiro atoms. The molecule has 0 radical (unpaired) electrons. The van der Waals surface area contributed by atoms with E-state index in [1.54, 1.807) is 53.4 Å². The Hall–Kier alpha value is -3.85. The second-order valence-corrected chi connectivity index (χ2v) is 12.8. The number of para-hydroxylation sites is 2. The van der Waals surface area contributed by atoms with Gasteiger partial charge in [0.05, 0.1) is 17.2 Å². The molecule has 3 aromatic carbocycles. The van der Waals surface area contributed by atoms with Crippen molar-refractivity contribution >= 4 is 27.5 Å². The Morgan fingerprint density at radius 3 is 2.23 bits per heavy atom. The van der Waals surface area contributed by atoms with E-state index in [1.807, 2.05) is 51.1 Å². The van der Waals surface area contributed by atoms with Crippen molar-refractivity contribution in [1.29, 1.82) is 0 Å². The summed E-state index contributed by atoms with van der Waals surface area (Å²) < 4.78 is 35.2. The molecule has 1 aliphatic rings. The van der Waals surface area contributed by atoms with Gasteiger partial charge >= 0.3 is 0 Å². The Balaban J connectivity index is 1.71. The Labute approximate surface area is 256 Å². The number of benzene rings is 3. The van der Waals surface area contributed by atoms with E-state index < -0.39 is 28.5 Å². The van der Waals surface area contributed by atoms with Crippen LogP contribution in [0.1, 0.15) is 57.1 Å². The minimum absolute atomic E-state index is 0.0686. The summed E-state index contributed by atoms with van der Waals surface area (Å²) in [6.45, 7) is 5.70. The van der Waals surface area contributed by atoms with Gasteiger partial charge in [0.1, 0.15) is 18.3 Å². The van der Waals surface area contributed by atoms with Gasteiger partial charge in [0.2, 0.25) is 11.8 Å². The third-order valence-corrected chi connectivity index (χ3v) is 9.67. The number of rotatable bonds is 14. The van der Waals surface area contributed by atoms with Crippen LogP contribution in [0.4, 0.5) is 5.69 Å². The molecular formula is C34H43N3O5S. The van der Waals surface area contributed by atoms with Crippen LogP contribution in [-0.2, 0) is 26.0 Å². The molecule has 2 amide bonds. The molecule has 1 atom stereocenters. The van der Waals surface area contributed by atoms with Gasteiger partial charge in [-0.25, -0.2) is 8.42 Å². The van der Waals surface area contributed by atoms with Crippen molar-refractivity contribution in [1.82, 2.24) is 10.2 Å². The molecule has 1 fully saturated rings. The highest BCUT2D eigenvalue weighted by atomic mass is 32.2. The quantitative estimate of drug-likeness (QED) is 0.262. The first-order valence-corrected chi connectivity index (χ1v) is 16.6. The molecule has 0 saturated heterocycles. The zero-order valence-electron chi connectivity index (χ0n) is 25.4. The molecule has 0 heterocycles. The number of carbonyl (C=O) groups is 2. The predicted octanol–water partition coefficient (Wildman–Crippen LogP) is 5.50. The number of carbonyl (C=O) groups excluding carboxylic acids is 2. The predicted molar refractivity (Wildman–Crippen MR) is 170 cm³/mol. The number of anilines is 1. The van der Waals surface area contributed by atoms with E-state index in [2.05, 4.69) is 5.32 Å². The van der Waals surface area contributed by atoms with Crippen molar-refractivity contribution in [3.8, 4) is 5.75 Å². The number of hydrogen-bond acceptors (Lipinski definition) is 5. The zero-order chi connectivity index (χ0) is 30.8. The number of amides is 2. The van der Waals surface area contributed by atoms with Crippen molar-refractivity contribution in [3.05, 3.63) is 90.0 Å². The standard InChI is InChI=1S/C34H43N3O5S/c1-4-30(34(39)35-28-15-9-10-16-28)36(24-23-27-13-7-6-8-14-27)33(38)25-37(31-17-11-12-18-32(31)42-5-2)43(40,41)29-21-19-26(3)20-22-29/h6-8,11-14,17-22,28,30H,4-5,9-10,15-16,23-25H2,1-3H3,(H,35,39)/t30-/m1/s1. The van der Waals surface area contributed by atoms with E-state index >= 15 is 0 Å². The van der Waals surface area contributed by atoms with Crippen LogP contribution in [0.25, 0.3) is 0 Å². The summed E-state index contributed by atoms with van der Waals surface area (Å²) in [5.41, 5.74) is 2.21. The summed E-state index contributed by atoms with van der Waals surface area (Å²) in [4.78, 5) is 29.5. The van der Waals surface area contributed by atoms with Crippen LogP contribution in [0.15, 0.2) is 83.8 Å². The average Bonchev–Trinajstić information content (AvgIpc) is 3.52. The summed E-state index contributed by atoms with van der Waals surface area (Å²) in [6, 6.07) is 22.5. The third kappa shape index (κ3) is 8.16. The summed E-state index contributed by atoms with van der Waals surface area (Å²) in [5, 5.41) is 3.15. The first-order valence-electron chi connectivity index (χ1n) is 15.2. The molecule has 0 unspecified atom stereocenters. The maximum absolute atomic E-state index is 14.3. The van der Waals surface area contributed by atoms with Crippen LogP contribution in [0, 0.1) is 6.92 Å². The van der Waals surface area contributed by atoms with Gasteiger partial charge in [-0.2, -0.15) is 0 Å². The number of hydrogen-bond donors (Lipinski definition) is 1. The van der Waals surface area contributed by atoms with Gasteiger partial charge in [0.25, 0.3) is 10.0 Å². The average molecular weight is 606 g/mol. The van der Waals surface area contributed by atoms with E-state index in [9.17, 15) is 18.0 Å². The van der Waals surface area contributed by atoms with E-state index in [1.165, 1.54) is 0 Å². The Bertz CT molecular complexity index is 1450. The van der Waals surface area contributed by atoms with Crippen LogP contribution in [0.3, 0.4) is 0 Å². The first kappa shape index (κ1) is 32.1. The number of nitrogens with one attached hydrogen (secondary N) is 1. The molecule has 1 aliphatic carbocycles. The van der Waals surface area contributed by atoms with Crippen molar-refractivity contribution in [2.24, 2.45) is 0 Å². The van der Waals surface area contributed by atoms with Crippen LogP contribution in [0.5, 0.6) is 5.75 Å². The van der Waals surface area contributed by atoms with Gasteiger partial charge in [-0.05, 0) is 69.4 Å². The molecule has 4 rings (SSSR count). The summed E-state index contributed by atoms with van der Waals surface area (Å²) in [7, 11) is -4.17. The van der Waals surface area contributed by atoms with Crippen LogP contribution >= 0.6 is 0 Å². The first-order chi connectivity index (χ1) is 20.7. The van der Waals surface area contributed by atoms with Gasteiger partial charge in [-0.1, -0.05) is 79.9 Å². The molecule has 0 aliphatic heterocycles. The fourth-order valence-electron chi connectivity index (χ4n) is 5.55. The van der Waals surface area contributed by atoms with Crippen molar-refractivity contribution in [3.63, 3.8) is 0 Å². The SMILES string of the molecule is CCOc1ccccc1N(CC(=O)N(CCc1ccccc1)[C@H](CC)C(=O)NC1CCCC1)S(=O)(=O)c1ccc(C)cc1. The van der Waals surface area contributed by atoms with Gasteiger partial charge in [0.15, 0.2) is 0 Å². The summed E-state index contributed by atoms with van der Waals surface area (Å²) in [5.74, 6) is -0.292. The molecule has 43 heavy (non-hydrogen) atoms. The van der Waals surface area contributed by atoms with Crippen LogP contribution in [-0.4, -0.2) is 56.9 Å². The van der Waals surface area contributed by atoms with Gasteiger partial charge < -0.3 is 15.0 Å². The van der Waals surface area contributed by atoms with Gasteiger partial charge in [0, 0.05) is 12.6 Å².